The predicted octanol–water partition coefficient (Wildman–Crippen LogP) is 5.67. The molecule has 0 bridgehead atoms. The zero-order chi connectivity index (χ0) is 40.9. The number of hydrogen-bond acceptors (Lipinski definition) is 8. The van der Waals surface area contributed by atoms with E-state index in [1.54, 1.807) is 22.2 Å². The lowest BCUT2D eigenvalue weighted by Gasteiger charge is -2.30. The summed E-state index contributed by atoms with van der Waals surface area (Å²) in [6.45, 7) is 8.58. The highest BCUT2D eigenvalue weighted by molar-refractivity contribution is 7.90. The second-order valence-electron chi connectivity index (χ2n) is 17.1. The SMILES string of the molecule is CC(C)[C@@H](NS(=O)(=O)C1CC1)C(=O)N1CCC[C@H]1c1ncc(-c2ccc(-c3ccc(-c4cnc([C@@H]5CCCN5C(=O)[C@H](NS(=O)(=O)C5CC5)C(C)C)[nH]4)cc3)cc2)[nH]1. The van der Waals surface area contributed by atoms with Gasteiger partial charge < -0.3 is 19.8 Å². The molecule has 0 unspecified atom stereocenters. The molecule has 0 radical (unpaired) electrons. The third kappa shape index (κ3) is 8.38. The number of amides is 2. The third-order valence-corrected chi connectivity index (χ3v) is 15.9. The van der Waals surface area contributed by atoms with Crippen molar-refractivity contribution in [3.63, 3.8) is 0 Å². The monoisotopic (exact) mass is 830 g/mol. The van der Waals surface area contributed by atoms with E-state index in [1.165, 1.54) is 0 Å². The fraction of sp³-hybridized carbons (Fsp3) is 0.524. The van der Waals surface area contributed by atoms with E-state index in [4.69, 9.17) is 0 Å². The van der Waals surface area contributed by atoms with Crippen LogP contribution in [0.3, 0.4) is 0 Å². The van der Waals surface area contributed by atoms with Gasteiger partial charge in [0, 0.05) is 13.1 Å². The summed E-state index contributed by atoms with van der Waals surface area (Å²) in [6, 6.07) is 14.3. The standard InChI is InChI=1S/C42H54N8O6S2/c1-25(2)37(47-57(53,54)31-17-18-31)41(51)49-21-5-7-35(49)39-43-23-33(45-39)29-13-9-27(10-14-29)28-11-15-30(16-12-28)34-24-44-40(46-34)36-8-6-22-50(36)42(52)38(26(3)4)48-58(55,56)32-19-20-32/h9-16,23-26,31-32,35-38,47-48H,5-8,17-22H2,1-4H3,(H,43,45)(H,44,46)/t35-,36-,37+,38+/m0/s1. The summed E-state index contributed by atoms with van der Waals surface area (Å²) < 4.78 is 56.4. The van der Waals surface area contributed by atoms with Crippen LogP contribution in [0, 0.1) is 11.8 Å². The van der Waals surface area contributed by atoms with E-state index in [9.17, 15) is 26.4 Å². The first-order valence-corrected chi connectivity index (χ1v) is 23.7. The van der Waals surface area contributed by atoms with Crippen molar-refractivity contribution in [2.24, 2.45) is 11.8 Å². The van der Waals surface area contributed by atoms with E-state index >= 15 is 0 Å². The Labute approximate surface area is 341 Å². The molecule has 2 aliphatic heterocycles. The van der Waals surface area contributed by atoms with E-state index in [0.29, 0.717) is 50.4 Å². The Morgan fingerprint density at radius 1 is 0.586 bits per heavy atom. The molecule has 14 nitrogen and oxygen atoms in total. The Morgan fingerprint density at radius 3 is 1.26 bits per heavy atom. The molecule has 2 saturated heterocycles. The van der Waals surface area contributed by atoms with E-state index < -0.39 is 42.6 Å². The molecule has 0 spiro atoms. The molecule has 4 aliphatic rings. The first-order chi connectivity index (χ1) is 27.7. The number of H-pyrrole nitrogens is 2. The minimum absolute atomic E-state index is 0.192. The summed E-state index contributed by atoms with van der Waals surface area (Å²) >= 11 is 0. The molecule has 4 fully saturated rings. The zero-order valence-corrected chi connectivity index (χ0v) is 35.2. The zero-order valence-electron chi connectivity index (χ0n) is 33.5. The van der Waals surface area contributed by atoms with Crippen molar-refractivity contribution in [2.45, 2.75) is 114 Å². The lowest BCUT2D eigenvalue weighted by molar-refractivity contribution is -0.135. The number of aromatic nitrogens is 4. The molecular weight excluding hydrogens is 777 g/mol. The number of aromatic amines is 2. The normalized spacial score (nSPS) is 21.3. The Hall–Kier alpha value is -4.38. The fourth-order valence-corrected chi connectivity index (χ4v) is 11.6. The van der Waals surface area contributed by atoms with Crippen LogP contribution in [0.15, 0.2) is 60.9 Å². The third-order valence-electron chi connectivity index (χ3n) is 12.0. The summed E-state index contributed by atoms with van der Waals surface area (Å²) in [6.07, 6.45) is 9.25. The van der Waals surface area contributed by atoms with Gasteiger partial charge in [0.1, 0.15) is 23.7 Å². The van der Waals surface area contributed by atoms with Crippen LogP contribution in [0.1, 0.15) is 103 Å². The van der Waals surface area contributed by atoms with Crippen molar-refractivity contribution in [1.82, 2.24) is 39.2 Å². The van der Waals surface area contributed by atoms with E-state index in [2.05, 4.69) is 53.6 Å². The number of rotatable bonds is 15. The van der Waals surface area contributed by atoms with Gasteiger partial charge in [-0.25, -0.2) is 36.2 Å². The van der Waals surface area contributed by atoms with Gasteiger partial charge >= 0.3 is 0 Å². The molecule has 4 heterocycles. The van der Waals surface area contributed by atoms with Crippen molar-refractivity contribution in [3.05, 3.63) is 72.6 Å². The molecule has 2 amide bonds. The van der Waals surface area contributed by atoms with Gasteiger partial charge in [-0.15, -0.1) is 0 Å². The first-order valence-electron chi connectivity index (χ1n) is 20.6. The maximum Gasteiger partial charge on any atom is 0.241 e. The second-order valence-corrected chi connectivity index (χ2v) is 21.1. The van der Waals surface area contributed by atoms with Gasteiger partial charge in [-0.05, 0) is 85.5 Å². The molecular formula is C42H54N8O6S2. The number of benzene rings is 2. The minimum atomic E-state index is -3.52. The summed E-state index contributed by atoms with van der Waals surface area (Å²) in [5, 5.41) is -0.787. The molecule has 8 rings (SSSR count). The maximum absolute atomic E-state index is 13.7. The Morgan fingerprint density at radius 2 is 0.931 bits per heavy atom. The van der Waals surface area contributed by atoms with E-state index in [-0.39, 0.29) is 35.7 Å². The molecule has 4 aromatic rings. The average molecular weight is 831 g/mol. The summed E-state index contributed by atoms with van der Waals surface area (Å²) in [4.78, 5) is 47.3. The summed E-state index contributed by atoms with van der Waals surface area (Å²) in [5.41, 5.74) is 5.66. The van der Waals surface area contributed by atoms with Crippen molar-refractivity contribution in [1.29, 1.82) is 0 Å². The first kappa shape index (κ1) is 40.4. The largest absolute Gasteiger partial charge is 0.340 e. The number of nitrogens with zero attached hydrogens (tertiary/aromatic N) is 4. The van der Waals surface area contributed by atoms with Crippen LogP contribution in [-0.4, -0.2) is 94.1 Å². The molecule has 2 aromatic heterocycles. The van der Waals surface area contributed by atoms with E-state index in [1.807, 2.05) is 52.0 Å². The molecule has 4 N–H and O–H groups in total. The van der Waals surface area contributed by atoms with Crippen LogP contribution in [0.5, 0.6) is 0 Å². The number of nitrogens with one attached hydrogen (secondary N) is 4. The van der Waals surface area contributed by atoms with Crippen LogP contribution < -0.4 is 9.44 Å². The molecule has 58 heavy (non-hydrogen) atoms. The van der Waals surface area contributed by atoms with Crippen LogP contribution >= 0.6 is 0 Å². The Balaban J connectivity index is 0.911. The van der Waals surface area contributed by atoms with Crippen LogP contribution in [-0.2, 0) is 29.6 Å². The van der Waals surface area contributed by atoms with Crippen molar-refractivity contribution >= 4 is 31.9 Å². The second kappa shape index (κ2) is 16.0. The van der Waals surface area contributed by atoms with E-state index in [0.717, 1.165) is 59.3 Å². The van der Waals surface area contributed by atoms with Crippen LogP contribution in [0.2, 0.25) is 0 Å². The van der Waals surface area contributed by atoms with Gasteiger partial charge in [-0.2, -0.15) is 0 Å². The van der Waals surface area contributed by atoms with Crippen molar-refractivity contribution in [3.8, 4) is 33.6 Å². The van der Waals surface area contributed by atoms with Crippen LogP contribution in [0.25, 0.3) is 33.6 Å². The number of carbonyl (C=O) groups is 2. The van der Waals surface area contributed by atoms with Gasteiger partial charge in [0.15, 0.2) is 0 Å². The highest BCUT2D eigenvalue weighted by atomic mass is 32.2. The fourth-order valence-electron chi connectivity index (χ4n) is 8.22. The Kier molecular flexibility index (Phi) is 11.1. The van der Waals surface area contributed by atoms with Crippen molar-refractivity contribution in [2.75, 3.05) is 13.1 Å². The predicted molar refractivity (Wildman–Crippen MR) is 222 cm³/mol. The maximum atomic E-state index is 13.7. The molecule has 310 valence electrons. The lowest BCUT2D eigenvalue weighted by Crippen LogP contribution is -2.51. The quantitative estimate of drug-likeness (QED) is 0.118. The molecule has 2 saturated carbocycles. The summed E-state index contributed by atoms with van der Waals surface area (Å²) in [5.74, 6) is 0.592. The molecule has 2 aliphatic carbocycles. The van der Waals surface area contributed by atoms with Gasteiger partial charge in [0.2, 0.25) is 31.9 Å². The number of carbonyl (C=O) groups excluding carboxylic acids is 2. The summed E-state index contributed by atoms with van der Waals surface area (Å²) in [7, 11) is -7.05. The average Bonchev–Trinajstić information content (AvgIpc) is 3.99. The van der Waals surface area contributed by atoms with Crippen LogP contribution in [0.4, 0.5) is 0 Å². The highest BCUT2D eigenvalue weighted by Gasteiger charge is 2.44. The minimum Gasteiger partial charge on any atom is -0.340 e. The molecule has 4 atom stereocenters. The van der Waals surface area contributed by atoms with Gasteiger partial charge in [-0.3, -0.25) is 9.59 Å². The van der Waals surface area contributed by atoms with Gasteiger partial charge in [0.05, 0.1) is 46.4 Å². The van der Waals surface area contributed by atoms with Gasteiger partial charge in [-0.1, -0.05) is 76.2 Å². The Bertz CT molecular complexity index is 2180. The van der Waals surface area contributed by atoms with Gasteiger partial charge in [0.25, 0.3) is 0 Å². The number of likely N-dealkylation sites (tertiary alicyclic amines) is 2. The topological polar surface area (TPSA) is 190 Å². The highest BCUT2D eigenvalue weighted by Crippen LogP contribution is 2.36. The molecule has 2 aromatic carbocycles. The lowest BCUT2D eigenvalue weighted by atomic mass is 10.0. The smallest absolute Gasteiger partial charge is 0.241 e. The van der Waals surface area contributed by atoms with Crippen molar-refractivity contribution < 1.29 is 26.4 Å². The number of imidazole rings is 2. The number of sulfonamides is 2. The number of hydrogen-bond donors (Lipinski definition) is 4. The molecule has 16 heteroatoms.